The number of rotatable bonds is 5. The molecule has 72 valence electrons. The van der Waals surface area contributed by atoms with E-state index < -0.39 is 0 Å². The Morgan fingerprint density at radius 1 is 1.38 bits per heavy atom. The molecule has 0 saturated heterocycles. The van der Waals surface area contributed by atoms with Crippen LogP contribution >= 0.6 is 11.8 Å². The zero-order valence-corrected chi connectivity index (χ0v) is 9.18. The van der Waals surface area contributed by atoms with E-state index in [2.05, 4.69) is 42.7 Å². The zero-order chi connectivity index (χ0) is 9.52. The maximum atomic E-state index is 4.00. The van der Waals surface area contributed by atoms with Crippen LogP contribution < -0.4 is 0 Å². The topological polar surface area (TPSA) is 12.9 Å². The number of pyridine rings is 1. The second-order valence-electron chi connectivity index (χ2n) is 3.20. The average Bonchev–Trinajstić information content (AvgIpc) is 2.19. The van der Waals surface area contributed by atoms with Gasteiger partial charge in [-0.25, -0.2) is 0 Å². The molecule has 1 unspecified atom stereocenters. The average molecular weight is 195 g/mol. The summed E-state index contributed by atoms with van der Waals surface area (Å²) in [5.74, 6) is 1.22. The van der Waals surface area contributed by atoms with E-state index in [0.717, 1.165) is 11.7 Å². The fraction of sp³-hybridized carbons (Fsp3) is 0.545. The lowest BCUT2D eigenvalue weighted by Crippen LogP contribution is -1.97. The predicted octanol–water partition coefficient (Wildman–Crippen LogP) is 3.16. The third-order valence-corrected chi connectivity index (χ3v) is 3.46. The van der Waals surface area contributed by atoms with Crippen LogP contribution in [0.3, 0.4) is 0 Å². The van der Waals surface area contributed by atoms with Crippen LogP contribution in [0.5, 0.6) is 0 Å². The molecule has 0 aliphatic rings. The SMILES string of the molecule is CCC(C)SCCc1ccncc1. The summed E-state index contributed by atoms with van der Waals surface area (Å²) < 4.78 is 0. The molecule has 0 N–H and O–H groups in total. The number of hydrogen-bond acceptors (Lipinski definition) is 2. The van der Waals surface area contributed by atoms with Gasteiger partial charge in [0.2, 0.25) is 0 Å². The largest absolute Gasteiger partial charge is 0.265 e. The van der Waals surface area contributed by atoms with Crippen molar-refractivity contribution in [3.05, 3.63) is 30.1 Å². The van der Waals surface area contributed by atoms with Crippen molar-refractivity contribution >= 4 is 11.8 Å². The third kappa shape index (κ3) is 4.32. The van der Waals surface area contributed by atoms with E-state index in [1.807, 2.05) is 12.4 Å². The van der Waals surface area contributed by atoms with Gasteiger partial charge in [-0.3, -0.25) is 4.98 Å². The fourth-order valence-electron chi connectivity index (χ4n) is 1.05. The number of aromatic nitrogens is 1. The van der Waals surface area contributed by atoms with E-state index in [-0.39, 0.29) is 0 Å². The smallest absolute Gasteiger partial charge is 0.0270 e. The number of aryl methyl sites for hydroxylation is 1. The highest BCUT2D eigenvalue weighted by atomic mass is 32.2. The highest BCUT2D eigenvalue weighted by Crippen LogP contribution is 2.14. The molecule has 0 spiro atoms. The van der Waals surface area contributed by atoms with Crippen LogP contribution in [-0.4, -0.2) is 16.0 Å². The van der Waals surface area contributed by atoms with Crippen molar-refractivity contribution in [2.24, 2.45) is 0 Å². The maximum Gasteiger partial charge on any atom is 0.0270 e. The first-order chi connectivity index (χ1) is 6.33. The lowest BCUT2D eigenvalue weighted by atomic mass is 10.2. The molecule has 0 saturated carbocycles. The summed E-state index contributed by atoms with van der Waals surface area (Å²) in [5, 5.41) is 0.793. The monoisotopic (exact) mass is 195 g/mol. The Morgan fingerprint density at radius 2 is 2.08 bits per heavy atom. The molecule has 1 nitrogen and oxygen atoms in total. The molecule has 1 rings (SSSR count). The molecule has 0 bridgehead atoms. The van der Waals surface area contributed by atoms with E-state index >= 15 is 0 Å². The minimum Gasteiger partial charge on any atom is -0.265 e. The van der Waals surface area contributed by atoms with Gasteiger partial charge >= 0.3 is 0 Å². The third-order valence-electron chi connectivity index (χ3n) is 2.12. The second kappa shape index (κ2) is 6.03. The van der Waals surface area contributed by atoms with E-state index in [1.54, 1.807) is 0 Å². The highest BCUT2D eigenvalue weighted by molar-refractivity contribution is 7.99. The minimum absolute atomic E-state index is 0.793. The van der Waals surface area contributed by atoms with Gasteiger partial charge in [-0.05, 0) is 36.3 Å². The molecule has 2 heteroatoms. The number of hydrogen-bond donors (Lipinski definition) is 0. The van der Waals surface area contributed by atoms with Gasteiger partial charge < -0.3 is 0 Å². The number of nitrogens with zero attached hydrogens (tertiary/aromatic N) is 1. The molecule has 1 aromatic heterocycles. The molecule has 0 aliphatic carbocycles. The summed E-state index contributed by atoms with van der Waals surface area (Å²) >= 11 is 2.05. The molecule has 0 radical (unpaired) electrons. The van der Waals surface area contributed by atoms with Gasteiger partial charge in [0.05, 0.1) is 0 Å². The Morgan fingerprint density at radius 3 is 2.69 bits per heavy atom. The fourth-order valence-corrected chi connectivity index (χ4v) is 2.04. The van der Waals surface area contributed by atoms with E-state index in [9.17, 15) is 0 Å². The molecule has 1 heterocycles. The molecule has 0 amide bonds. The summed E-state index contributed by atoms with van der Waals surface area (Å²) in [6.07, 6.45) is 6.16. The Hall–Kier alpha value is -0.500. The highest BCUT2D eigenvalue weighted by Gasteiger charge is 1.98. The Balaban J connectivity index is 2.20. The number of thioether (sulfide) groups is 1. The second-order valence-corrected chi connectivity index (χ2v) is 4.74. The molecular weight excluding hydrogens is 178 g/mol. The molecule has 1 atom stereocenters. The van der Waals surface area contributed by atoms with Crippen molar-refractivity contribution in [3.63, 3.8) is 0 Å². The van der Waals surface area contributed by atoms with Gasteiger partial charge in [-0.15, -0.1) is 0 Å². The Labute approximate surface area is 85.0 Å². The Bertz CT molecular complexity index is 223. The van der Waals surface area contributed by atoms with E-state index in [1.165, 1.54) is 17.7 Å². The van der Waals surface area contributed by atoms with Gasteiger partial charge in [-0.2, -0.15) is 11.8 Å². The quantitative estimate of drug-likeness (QED) is 0.716. The van der Waals surface area contributed by atoms with Crippen LogP contribution in [0.2, 0.25) is 0 Å². The van der Waals surface area contributed by atoms with Gasteiger partial charge in [0.1, 0.15) is 0 Å². The van der Waals surface area contributed by atoms with Crippen molar-refractivity contribution in [1.29, 1.82) is 0 Å². The Kier molecular flexibility index (Phi) is 4.91. The van der Waals surface area contributed by atoms with Crippen molar-refractivity contribution in [2.45, 2.75) is 31.9 Å². The van der Waals surface area contributed by atoms with E-state index in [0.29, 0.717) is 0 Å². The molecule has 0 aliphatic heterocycles. The zero-order valence-electron chi connectivity index (χ0n) is 8.36. The summed E-state index contributed by atoms with van der Waals surface area (Å²) in [7, 11) is 0. The molecule has 1 aromatic rings. The van der Waals surface area contributed by atoms with Crippen molar-refractivity contribution < 1.29 is 0 Å². The van der Waals surface area contributed by atoms with Crippen molar-refractivity contribution in [1.82, 2.24) is 4.98 Å². The van der Waals surface area contributed by atoms with Crippen molar-refractivity contribution in [3.8, 4) is 0 Å². The lowest BCUT2D eigenvalue weighted by Gasteiger charge is -2.07. The van der Waals surface area contributed by atoms with Gasteiger partial charge in [0.25, 0.3) is 0 Å². The summed E-state index contributed by atoms with van der Waals surface area (Å²) in [5.41, 5.74) is 1.39. The first-order valence-electron chi connectivity index (χ1n) is 4.83. The molecule has 13 heavy (non-hydrogen) atoms. The standard InChI is InChI=1S/C11H17NS/c1-3-10(2)13-9-6-11-4-7-12-8-5-11/h4-5,7-8,10H,3,6,9H2,1-2H3. The van der Waals surface area contributed by atoms with Crippen LogP contribution in [-0.2, 0) is 6.42 Å². The summed E-state index contributed by atoms with van der Waals surface area (Å²) in [6, 6.07) is 4.19. The molecule has 0 fully saturated rings. The first kappa shape index (κ1) is 10.6. The first-order valence-corrected chi connectivity index (χ1v) is 5.88. The maximum absolute atomic E-state index is 4.00. The van der Waals surface area contributed by atoms with Crippen molar-refractivity contribution in [2.75, 3.05) is 5.75 Å². The summed E-state index contributed by atoms with van der Waals surface area (Å²) in [6.45, 7) is 4.53. The normalized spacial score (nSPS) is 12.8. The van der Waals surface area contributed by atoms with Gasteiger partial charge in [0.15, 0.2) is 0 Å². The predicted molar refractivity (Wildman–Crippen MR) is 60.2 cm³/mol. The van der Waals surface area contributed by atoms with Crippen LogP contribution in [0.25, 0.3) is 0 Å². The van der Waals surface area contributed by atoms with Crippen LogP contribution in [0, 0.1) is 0 Å². The molecule has 0 aromatic carbocycles. The molecular formula is C11H17NS. The van der Waals surface area contributed by atoms with Gasteiger partial charge in [-0.1, -0.05) is 13.8 Å². The van der Waals surface area contributed by atoms with Crippen LogP contribution in [0.15, 0.2) is 24.5 Å². The van der Waals surface area contributed by atoms with Gasteiger partial charge in [0, 0.05) is 17.6 Å². The van der Waals surface area contributed by atoms with Crippen LogP contribution in [0.4, 0.5) is 0 Å². The lowest BCUT2D eigenvalue weighted by molar-refractivity contribution is 0.903. The minimum atomic E-state index is 0.793. The van der Waals surface area contributed by atoms with E-state index in [4.69, 9.17) is 0 Å². The summed E-state index contributed by atoms with van der Waals surface area (Å²) in [4.78, 5) is 4.00. The van der Waals surface area contributed by atoms with Crippen LogP contribution in [0.1, 0.15) is 25.8 Å².